The smallest absolute Gasteiger partial charge is 0.313 e. The van der Waals surface area contributed by atoms with Gasteiger partial charge in [0.2, 0.25) is 0 Å². The van der Waals surface area contributed by atoms with Gasteiger partial charge < -0.3 is 9.69 Å². The van der Waals surface area contributed by atoms with Gasteiger partial charge >= 0.3 is 6.03 Å². The Morgan fingerprint density at radius 3 is 2.87 bits per heavy atom. The Bertz CT molecular complexity index is 403. The molecule has 1 aliphatic rings. The van der Waals surface area contributed by atoms with E-state index in [9.17, 15) is 9.59 Å². The highest BCUT2D eigenvalue weighted by atomic mass is 16.2. The molecule has 0 saturated carbocycles. The fourth-order valence-electron chi connectivity index (χ4n) is 1.79. The monoisotopic (exact) mass is 204 g/mol. The second-order valence-corrected chi connectivity index (χ2v) is 3.52. The Balaban J connectivity index is 2.36. The largest absolute Gasteiger partial charge is 0.324 e. The van der Waals surface area contributed by atoms with Gasteiger partial charge in [-0.1, -0.05) is 18.2 Å². The molecular weight excluding hydrogens is 192 g/mol. The SMILES string of the molecule is CN1C(=O)N(CC=O)Cc2ccccc21. The molecule has 0 aliphatic carbocycles. The summed E-state index contributed by atoms with van der Waals surface area (Å²) in [5, 5.41) is 0. The molecular formula is C11H12N2O2. The maximum absolute atomic E-state index is 11.8. The summed E-state index contributed by atoms with van der Waals surface area (Å²) in [5.74, 6) is 0. The number of rotatable bonds is 2. The van der Waals surface area contributed by atoms with E-state index in [0.29, 0.717) is 6.54 Å². The fraction of sp³-hybridized carbons (Fsp3) is 0.273. The van der Waals surface area contributed by atoms with E-state index in [1.165, 1.54) is 4.90 Å². The zero-order chi connectivity index (χ0) is 10.8. The summed E-state index contributed by atoms with van der Waals surface area (Å²) >= 11 is 0. The van der Waals surface area contributed by atoms with Crippen LogP contribution in [0, 0.1) is 0 Å². The molecule has 78 valence electrons. The Labute approximate surface area is 88.1 Å². The van der Waals surface area contributed by atoms with Crippen molar-refractivity contribution in [2.24, 2.45) is 0 Å². The molecule has 0 radical (unpaired) electrons. The zero-order valence-corrected chi connectivity index (χ0v) is 8.51. The van der Waals surface area contributed by atoms with Crippen LogP contribution in [0.4, 0.5) is 10.5 Å². The van der Waals surface area contributed by atoms with E-state index in [-0.39, 0.29) is 12.6 Å². The molecule has 0 unspecified atom stereocenters. The van der Waals surface area contributed by atoms with Gasteiger partial charge in [-0.25, -0.2) is 4.79 Å². The number of anilines is 1. The van der Waals surface area contributed by atoms with Crippen LogP contribution in [0.2, 0.25) is 0 Å². The standard InChI is InChI=1S/C11H12N2O2/c1-12-10-5-3-2-4-9(10)8-13(6-7-14)11(12)15/h2-5,7H,6,8H2,1H3. The lowest BCUT2D eigenvalue weighted by atomic mass is 10.1. The summed E-state index contributed by atoms with van der Waals surface area (Å²) in [6.45, 7) is 0.662. The first-order valence-corrected chi connectivity index (χ1v) is 4.78. The van der Waals surface area contributed by atoms with Gasteiger partial charge in [0.05, 0.1) is 12.2 Å². The van der Waals surface area contributed by atoms with Gasteiger partial charge in [-0.15, -0.1) is 0 Å². The van der Waals surface area contributed by atoms with Crippen LogP contribution in [0.1, 0.15) is 5.56 Å². The minimum atomic E-state index is -0.124. The summed E-state index contributed by atoms with van der Waals surface area (Å²) in [5.41, 5.74) is 1.99. The van der Waals surface area contributed by atoms with Gasteiger partial charge in [-0.2, -0.15) is 0 Å². The molecule has 4 heteroatoms. The molecule has 1 heterocycles. The van der Waals surface area contributed by atoms with Crippen LogP contribution in [-0.4, -0.2) is 30.8 Å². The van der Waals surface area contributed by atoms with Crippen molar-refractivity contribution >= 4 is 18.0 Å². The van der Waals surface area contributed by atoms with Crippen molar-refractivity contribution in [2.75, 3.05) is 18.5 Å². The number of benzene rings is 1. The zero-order valence-electron chi connectivity index (χ0n) is 8.51. The third-order valence-electron chi connectivity index (χ3n) is 2.57. The molecule has 2 amide bonds. The summed E-state index contributed by atoms with van der Waals surface area (Å²) in [7, 11) is 1.72. The van der Waals surface area contributed by atoms with Crippen LogP contribution < -0.4 is 4.90 Å². The number of carbonyl (C=O) groups excluding carboxylic acids is 2. The normalized spacial score (nSPS) is 15.1. The van der Waals surface area contributed by atoms with Gasteiger partial charge in [-0.05, 0) is 11.6 Å². The molecule has 15 heavy (non-hydrogen) atoms. The van der Waals surface area contributed by atoms with Gasteiger partial charge in [0.15, 0.2) is 0 Å². The summed E-state index contributed by atoms with van der Waals surface area (Å²) in [6.07, 6.45) is 0.750. The van der Waals surface area contributed by atoms with E-state index in [1.54, 1.807) is 11.9 Å². The van der Waals surface area contributed by atoms with Crippen LogP contribution in [0.25, 0.3) is 0 Å². The van der Waals surface area contributed by atoms with E-state index in [0.717, 1.165) is 17.5 Å². The second kappa shape index (κ2) is 3.73. The molecule has 1 aliphatic heterocycles. The number of fused-ring (bicyclic) bond motifs is 1. The Morgan fingerprint density at radius 2 is 2.13 bits per heavy atom. The van der Waals surface area contributed by atoms with E-state index < -0.39 is 0 Å². The maximum Gasteiger partial charge on any atom is 0.324 e. The lowest BCUT2D eigenvalue weighted by Gasteiger charge is -2.33. The third kappa shape index (κ3) is 1.58. The number of para-hydroxylation sites is 1. The second-order valence-electron chi connectivity index (χ2n) is 3.52. The average Bonchev–Trinajstić information content (AvgIpc) is 2.26. The molecule has 1 aromatic rings. The predicted molar refractivity (Wildman–Crippen MR) is 56.7 cm³/mol. The van der Waals surface area contributed by atoms with Gasteiger partial charge in [0, 0.05) is 13.6 Å². The van der Waals surface area contributed by atoms with E-state index in [4.69, 9.17) is 0 Å². The lowest BCUT2D eigenvalue weighted by molar-refractivity contribution is -0.108. The molecule has 0 spiro atoms. The highest BCUT2D eigenvalue weighted by Crippen LogP contribution is 2.26. The van der Waals surface area contributed by atoms with Crippen molar-refractivity contribution in [3.8, 4) is 0 Å². The summed E-state index contributed by atoms with van der Waals surface area (Å²) in [6, 6.07) is 7.59. The number of hydrogen-bond acceptors (Lipinski definition) is 2. The van der Waals surface area contributed by atoms with Crippen LogP contribution in [0.15, 0.2) is 24.3 Å². The highest BCUT2D eigenvalue weighted by molar-refractivity contribution is 5.95. The highest BCUT2D eigenvalue weighted by Gasteiger charge is 2.26. The first-order valence-electron chi connectivity index (χ1n) is 4.78. The van der Waals surface area contributed by atoms with Crippen molar-refractivity contribution in [3.63, 3.8) is 0 Å². The Kier molecular flexibility index (Phi) is 2.41. The van der Waals surface area contributed by atoms with Crippen molar-refractivity contribution in [3.05, 3.63) is 29.8 Å². The van der Waals surface area contributed by atoms with Gasteiger partial charge in [0.25, 0.3) is 0 Å². The van der Waals surface area contributed by atoms with Crippen LogP contribution >= 0.6 is 0 Å². The van der Waals surface area contributed by atoms with Gasteiger partial charge in [-0.3, -0.25) is 4.90 Å². The van der Waals surface area contributed by atoms with Crippen molar-refractivity contribution in [2.45, 2.75) is 6.54 Å². The molecule has 0 fully saturated rings. The third-order valence-corrected chi connectivity index (χ3v) is 2.57. The van der Waals surface area contributed by atoms with Crippen LogP contribution in [0.5, 0.6) is 0 Å². The number of amides is 2. The van der Waals surface area contributed by atoms with Crippen molar-refractivity contribution in [1.82, 2.24) is 4.90 Å². The number of nitrogens with zero attached hydrogens (tertiary/aromatic N) is 2. The van der Waals surface area contributed by atoms with E-state index in [2.05, 4.69) is 0 Å². The van der Waals surface area contributed by atoms with Crippen LogP contribution in [0.3, 0.4) is 0 Å². The molecule has 0 aromatic heterocycles. The lowest BCUT2D eigenvalue weighted by Crippen LogP contribution is -2.45. The average molecular weight is 204 g/mol. The number of aldehydes is 1. The molecule has 1 aromatic carbocycles. The van der Waals surface area contributed by atoms with E-state index in [1.807, 2.05) is 24.3 Å². The number of hydrogen-bond donors (Lipinski definition) is 0. The predicted octanol–water partition coefficient (Wildman–Crippen LogP) is 1.26. The molecule has 0 atom stereocenters. The molecule has 0 saturated heterocycles. The minimum absolute atomic E-state index is 0.124. The first-order chi connectivity index (χ1) is 7.24. The topological polar surface area (TPSA) is 40.6 Å². The van der Waals surface area contributed by atoms with Crippen molar-refractivity contribution in [1.29, 1.82) is 0 Å². The van der Waals surface area contributed by atoms with Gasteiger partial charge in [0.1, 0.15) is 6.29 Å². The minimum Gasteiger partial charge on any atom is -0.313 e. The summed E-state index contributed by atoms with van der Waals surface area (Å²) < 4.78 is 0. The molecule has 4 nitrogen and oxygen atoms in total. The number of carbonyl (C=O) groups is 2. The number of urea groups is 1. The molecule has 2 rings (SSSR count). The quantitative estimate of drug-likeness (QED) is 0.680. The summed E-state index contributed by atoms with van der Waals surface area (Å²) in [4.78, 5) is 25.3. The van der Waals surface area contributed by atoms with Crippen molar-refractivity contribution < 1.29 is 9.59 Å². The van der Waals surface area contributed by atoms with Crippen LogP contribution in [-0.2, 0) is 11.3 Å². The van der Waals surface area contributed by atoms with E-state index >= 15 is 0 Å². The Morgan fingerprint density at radius 1 is 1.40 bits per heavy atom. The first kappa shape index (κ1) is 9.71. The molecule has 0 bridgehead atoms. The Hall–Kier alpha value is -1.84. The molecule has 0 N–H and O–H groups in total. The fourth-order valence-corrected chi connectivity index (χ4v) is 1.79. The maximum atomic E-state index is 11.8.